The number of amides is 7. The number of halogens is 7. The van der Waals surface area contributed by atoms with Gasteiger partial charge in [0.2, 0.25) is 5.91 Å². The van der Waals surface area contributed by atoms with E-state index in [1.165, 1.54) is 59.7 Å². The number of anilines is 2. The van der Waals surface area contributed by atoms with Crippen molar-refractivity contribution in [2.24, 2.45) is 0 Å². The zero-order valence-electron chi connectivity index (χ0n) is 46.4. The summed E-state index contributed by atoms with van der Waals surface area (Å²) in [6, 6.07) is 24.8. The van der Waals surface area contributed by atoms with E-state index in [0.29, 0.717) is 28.5 Å². The highest BCUT2D eigenvalue weighted by Gasteiger charge is 2.27. The number of ether oxygens (including phenoxy) is 2. The molecule has 0 fully saturated rings. The number of nitrogens with zero attached hydrogens (tertiary/aromatic N) is 9. The number of rotatable bonds is 18. The first-order valence-electron chi connectivity index (χ1n) is 25.6. The van der Waals surface area contributed by atoms with Gasteiger partial charge in [-0.05, 0) is 79.9 Å². The summed E-state index contributed by atoms with van der Waals surface area (Å²) in [4.78, 5) is 91.7. The number of carbonyl (C=O) groups is 5. The zero-order valence-corrected chi connectivity index (χ0v) is 53.1. The lowest BCUT2D eigenvalue weighted by Gasteiger charge is -2.28. The van der Waals surface area contributed by atoms with Gasteiger partial charge < -0.3 is 39.6 Å². The topological polar surface area (TPSA) is 269 Å². The average molecular weight is 1360 g/mol. The molecule has 5 heterocycles. The molecule has 5 N–H and O–H groups in total. The van der Waals surface area contributed by atoms with Crippen molar-refractivity contribution in [3.63, 3.8) is 0 Å². The maximum Gasteiger partial charge on any atom is 0.412 e. The fraction of sp³-hybridized carbons (Fsp3) is 0.196. The van der Waals surface area contributed by atoms with Crippen LogP contribution in [-0.2, 0) is 44.9 Å². The molecule has 32 heteroatoms. The molecule has 9 rings (SSSR count). The van der Waals surface area contributed by atoms with E-state index < -0.39 is 59.1 Å². The number of aromatic nitrogens is 7. The number of benzene rings is 4. The summed E-state index contributed by atoms with van der Waals surface area (Å²) in [7, 11) is 3.03. The molecular formula is C56H56Cl5F2N14O8PS2. The van der Waals surface area contributed by atoms with E-state index >= 15 is 0 Å². The number of urea groups is 2. The van der Waals surface area contributed by atoms with Gasteiger partial charge >= 0.3 is 29.4 Å². The minimum Gasteiger partial charge on any atom is -0.447 e. The van der Waals surface area contributed by atoms with E-state index in [1.54, 1.807) is 68.5 Å². The Labute approximate surface area is 541 Å². The van der Waals surface area contributed by atoms with Gasteiger partial charge in [-0.25, -0.2) is 42.9 Å². The van der Waals surface area contributed by atoms with Crippen molar-refractivity contribution in [3.8, 4) is 0 Å². The molecule has 88 heavy (non-hydrogen) atoms. The van der Waals surface area contributed by atoms with E-state index in [4.69, 9.17) is 32.7 Å². The molecule has 4 aromatic carbocycles. The van der Waals surface area contributed by atoms with Crippen LogP contribution in [0.25, 0.3) is 27.1 Å². The molecule has 0 spiro atoms. The Morgan fingerprint density at radius 3 is 1.59 bits per heavy atom. The summed E-state index contributed by atoms with van der Waals surface area (Å²) < 4.78 is 49.8. The maximum absolute atomic E-state index is 13.8. The summed E-state index contributed by atoms with van der Waals surface area (Å²) in [5, 5.41) is 13.6. The molecule has 0 unspecified atom stereocenters. The predicted octanol–water partition coefficient (Wildman–Crippen LogP) is 12.4. The molecule has 464 valence electrons. The fourth-order valence-electron chi connectivity index (χ4n) is 8.00. The Kier molecular flexibility index (Phi) is 27.9. The van der Waals surface area contributed by atoms with Crippen LogP contribution in [0.2, 0.25) is 10.0 Å². The number of imidazole rings is 1. The highest BCUT2D eigenvalue weighted by Crippen LogP contribution is 2.61. The highest BCUT2D eigenvalue weighted by atomic mass is 36.0. The minimum atomic E-state index is -3.22. The number of hydrogen-bond donors (Lipinski definition) is 5. The Morgan fingerprint density at radius 2 is 1.08 bits per heavy atom. The molecule has 0 bridgehead atoms. The molecule has 0 aliphatic rings. The van der Waals surface area contributed by atoms with Crippen LogP contribution in [0.3, 0.4) is 0 Å². The van der Waals surface area contributed by atoms with Gasteiger partial charge in [-0.1, -0.05) is 96.0 Å². The first kappa shape index (κ1) is 70.9. The molecule has 0 aliphatic carbocycles. The second-order valence-electron chi connectivity index (χ2n) is 18.4. The van der Waals surface area contributed by atoms with E-state index in [1.807, 2.05) is 52.9 Å². The monoisotopic (exact) mass is 1360 g/mol. The van der Waals surface area contributed by atoms with Gasteiger partial charge in [0.25, 0.3) is 0 Å². The van der Waals surface area contributed by atoms with Gasteiger partial charge in [-0.3, -0.25) is 34.9 Å². The Bertz CT molecular complexity index is 3890. The van der Waals surface area contributed by atoms with Crippen LogP contribution in [-0.4, -0.2) is 114 Å². The molecule has 22 nitrogen and oxygen atoms in total. The molecule has 9 aromatic rings. The lowest BCUT2D eigenvalue weighted by atomic mass is 10.2. The summed E-state index contributed by atoms with van der Waals surface area (Å²) in [5.74, 6) is -0.315. The second kappa shape index (κ2) is 34.7. The van der Waals surface area contributed by atoms with Crippen molar-refractivity contribution >= 4 is 158 Å². The van der Waals surface area contributed by atoms with Gasteiger partial charge in [0.15, 0.2) is 0 Å². The quantitative estimate of drug-likeness (QED) is 0.0500. The van der Waals surface area contributed by atoms with E-state index in [9.17, 15) is 37.3 Å². The van der Waals surface area contributed by atoms with Crippen LogP contribution in [0.1, 0.15) is 29.1 Å². The van der Waals surface area contributed by atoms with Crippen LogP contribution in [0.15, 0.2) is 153 Å². The summed E-state index contributed by atoms with van der Waals surface area (Å²) in [6.07, 6.45) is 13.1. The lowest BCUT2D eigenvalue weighted by molar-refractivity contribution is -0.122. The van der Waals surface area contributed by atoms with Crippen LogP contribution < -0.4 is 26.6 Å². The van der Waals surface area contributed by atoms with E-state index in [-0.39, 0.29) is 88.5 Å². The summed E-state index contributed by atoms with van der Waals surface area (Å²) in [5.41, 5.74) is 2.15. The Morgan fingerprint density at radius 1 is 0.591 bits per heavy atom. The third-order valence-electron chi connectivity index (χ3n) is 12.5. The van der Waals surface area contributed by atoms with Gasteiger partial charge in [0, 0.05) is 81.6 Å². The Balaban J connectivity index is 0.000000291. The number of carbonyl (C=O) groups excluding carboxylic acids is 5. The molecule has 0 saturated heterocycles. The predicted molar refractivity (Wildman–Crippen MR) is 345 cm³/mol. The molecule has 2 atom stereocenters. The molecule has 5 aromatic heterocycles. The largest absolute Gasteiger partial charge is 0.447 e. The highest BCUT2D eigenvalue weighted by molar-refractivity contribution is 8.24. The number of hydrogen-bond acceptors (Lipinski definition) is 14. The number of nitrogens with one attached hydrogen (secondary N) is 5. The van der Waals surface area contributed by atoms with Crippen molar-refractivity contribution in [2.45, 2.75) is 44.6 Å². The standard InChI is InChI=1S/C28H27ClFN7O4.C28H25ClFN7O3.Cl3OP.2H2S/c1-37(27(39)35-14-20-7-4-8-23(30)26(20)29)22(12-25(38)34-16-21-15-31-9-10-32-21)17-41-28(40)36-24-11-18-5-2-3-6-19(18)13-33-24;1-36(27(38)34-14-20-7-4-8-23(30)26(20)29)21(12-25-33-16-22-15-31-9-10-37(22)25)17-40-28(39)35-24-11-18-5-2-3-6-19(18)13-32-24;1-5(2,3)4;;/h2-11,13,15,22H,12,14,16-17H2,1H3,(H,34,38)(H,35,39)(H,33,36,40);2-11,13,15-16,21H,12,14,17H2,1H3,(H,34,38)(H,32,35,39);;2*1H2/t22-;21-;;;/m00.../s1. The van der Waals surface area contributed by atoms with Crippen molar-refractivity contribution in [3.05, 3.63) is 197 Å². The van der Waals surface area contributed by atoms with E-state index in [2.05, 4.69) is 90.2 Å². The molecule has 0 saturated carbocycles. The van der Waals surface area contributed by atoms with Crippen molar-refractivity contribution in [1.29, 1.82) is 0 Å². The van der Waals surface area contributed by atoms with Crippen LogP contribution >= 0.6 is 89.1 Å². The van der Waals surface area contributed by atoms with Gasteiger partial charge in [-0.2, -0.15) is 27.0 Å². The molecular weight excluding hydrogens is 1310 g/mol. The van der Waals surface area contributed by atoms with Crippen molar-refractivity contribution in [1.82, 2.24) is 60.1 Å². The third-order valence-corrected chi connectivity index (χ3v) is 13.4. The second-order valence-corrected chi connectivity index (χ2v) is 25.8. The van der Waals surface area contributed by atoms with Crippen LogP contribution in [0.5, 0.6) is 0 Å². The fourth-order valence-corrected chi connectivity index (χ4v) is 8.39. The average Bonchev–Trinajstić information content (AvgIpc) is 2.92. The van der Waals surface area contributed by atoms with Crippen LogP contribution in [0.4, 0.5) is 39.6 Å². The van der Waals surface area contributed by atoms with E-state index in [0.717, 1.165) is 27.1 Å². The van der Waals surface area contributed by atoms with Crippen LogP contribution in [0, 0.1) is 11.6 Å². The SMILES string of the molecule is CN(C(=O)NCc1cccc(F)c1Cl)[C@H](COC(=O)Nc1cc2ccccc2cn1)CC(=O)NCc1cnccn1.CN(C(=O)NCc1cccc(F)c1Cl)[C@H](COC(=O)Nc1cc2ccccc2cn1)Cc1ncc2cnccn12.O=P(Cl)(Cl)Cl.S.S. The maximum atomic E-state index is 13.8. The first-order chi connectivity index (χ1) is 41.2. The van der Waals surface area contributed by atoms with Gasteiger partial charge in [0.05, 0.1) is 64.9 Å². The van der Waals surface area contributed by atoms with Gasteiger partial charge in [-0.15, -0.1) is 0 Å². The number of pyridine rings is 2. The normalized spacial score (nSPS) is 11.3. The zero-order chi connectivity index (χ0) is 61.8. The summed E-state index contributed by atoms with van der Waals surface area (Å²) >= 11 is 25.9. The smallest absolute Gasteiger partial charge is 0.412 e. The molecule has 0 aliphatic heterocycles. The van der Waals surface area contributed by atoms with Gasteiger partial charge in [0.1, 0.15) is 42.3 Å². The van der Waals surface area contributed by atoms with Crippen molar-refractivity contribution in [2.75, 3.05) is 37.9 Å². The molecule has 0 radical (unpaired) electrons. The number of fused-ring (bicyclic) bond motifs is 3. The molecule has 7 amide bonds. The number of likely N-dealkylation sites (N-methyl/N-ethyl adjacent to an activating group) is 2. The Hall–Kier alpha value is -7.81. The van der Waals surface area contributed by atoms with Crippen molar-refractivity contribution < 1.29 is 46.8 Å². The summed E-state index contributed by atoms with van der Waals surface area (Å²) in [6.45, 7) is -0.352. The minimum absolute atomic E-state index is 0. The lowest BCUT2D eigenvalue weighted by Crippen LogP contribution is -2.47. The first-order valence-corrected chi connectivity index (χ1v) is 30.8. The third kappa shape index (κ3) is 22.1.